The minimum absolute atomic E-state index is 0.0525. The molecule has 216 valence electrons. The lowest BCUT2D eigenvalue weighted by molar-refractivity contribution is -0.121. The van der Waals surface area contributed by atoms with Gasteiger partial charge in [0.15, 0.2) is 0 Å². The second-order valence-corrected chi connectivity index (χ2v) is 15.8. The molecule has 40 heavy (non-hydrogen) atoms. The van der Waals surface area contributed by atoms with Crippen LogP contribution in [0.4, 0.5) is 9.80 Å². The van der Waals surface area contributed by atoms with Gasteiger partial charge in [-0.3, -0.25) is 4.79 Å². The monoisotopic (exact) mass is 646 g/mol. The van der Waals surface area contributed by atoms with Gasteiger partial charge in [0, 0.05) is 39.0 Å². The lowest BCUT2D eigenvalue weighted by Crippen LogP contribution is -2.54. The predicted molar refractivity (Wildman–Crippen MR) is 168 cm³/mol. The number of hydrogen-bond acceptors (Lipinski definition) is 7. The first-order valence-corrected chi connectivity index (χ1v) is 16.5. The van der Waals surface area contributed by atoms with E-state index in [-0.39, 0.29) is 29.5 Å². The Labute approximate surface area is 253 Å². The highest BCUT2D eigenvalue weighted by Crippen LogP contribution is 2.45. The molecule has 1 aliphatic heterocycles. The molecule has 5 rings (SSSR count). The predicted octanol–water partition coefficient (Wildman–Crippen LogP) is 7.97. The number of rotatable bonds is 4. The molecule has 0 atom stereocenters. The van der Waals surface area contributed by atoms with Crippen LogP contribution in [0.1, 0.15) is 77.7 Å². The van der Waals surface area contributed by atoms with Crippen LogP contribution < -0.4 is 10.6 Å². The number of fused-ring (bicyclic) bond motifs is 2. The number of amides is 2. The fraction of sp³-hybridized carbons (Fsp3) is 0.567. The SMILES string of the molecule is CC(C)(C)OC(=O)N(C1CCC(C(=O)Nc2sc3c(c2-c2nc4ccc(Br)cc4s2)CCNC3)CC1)C(C)(C)C. The number of ether oxygens (including phenoxy) is 1. The van der Waals surface area contributed by atoms with Crippen LogP contribution in [-0.2, 0) is 22.5 Å². The summed E-state index contributed by atoms with van der Waals surface area (Å²) in [6.45, 7) is 13.6. The number of aromatic nitrogens is 1. The fourth-order valence-corrected chi connectivity index (χ4v) is 8.63. The molecule has 2 N–H and O–H groups in total. The zero-order valence-corrected chi connectivity index (χ0v) is 27.4. The summed E-state index contributed by atoms with van der Waals surface area (Å²) < 4.78 is 7.91. The first-order chi connectivity index (χ1) is 18.8. The van der Waals surface area contributed by atoms with Gasteiger partial charge in [-0.1, -0.05) is 15.9 Å². The Morgan fingerprint density at radius 1 is 1.10 bits per heavy atom. The smallest absolute Gasteiger partial charge is 0.410 e. The normalized spacial score (nSPS) is 19.8. The van der Waals surface area contributed by atoms with E-state index in [1.54, 1.807) is 22.7 Å². The van der Waals surface area contributed by atoms with Gasteiger partial charge in [0.2, 0.25) is 5.91 Å². The Morgan fingerprint density at radius 2 is 1.82 bits per heavy atom. The van der Waals surface area contributed by atoms with Crippen LogP contribution in [-0.4, -0.2) is 45.6 Å². The minimum Gasteiger partial charge on any atom is -0.444 e. The maximum atomic E-state index is 13.6. The largest absolute Gasteiger partial charge is 0.444 e. The Kier molecular flexibility index (Phi) is 8.36. The van der Waals surface area contributed by atoms with Crippen LogP contribution in [0.3, 0.4) is 0 Å². The molecular weight excluding hydrogens is 608 g/mol. The molecular formula is C30H39BrN4O3S2. The van der Waals surface area contributed by atoms with E-state index >= 15 is 0 Å². The van der Waals surface area contributed by atoms with Gasteiger partial charge in [-0.25, -0.2) is 9.78 Å². The lowest BCUT2D eigenvalue weighted by atomic mass is 9.83. The third-order valence-electron chi connectivity index (χ3n) is 7.47. The van der Waals surface area contributed by atoms with Crippen LogP contribution in [0, 0.1) is 5.92 Å². The second kappa shape index (κ2) is 11.3. The van der Waals surface area contributed by atoms with E-state index in [2.05, 4.69) is 32.6 Å². The highest BCUT2D eigenvalue weighted by molar-refractivity contribution is 9.10. The zero-order chi connectivity index (χ0) is 28.8. The standard InChI is InChI=1S/C30H39BrN4O3S2/c1-29(2,3)35(28(37)38-30(4,5)6)19-10-7-17(8-11-19)25(36)34-27-24(20-13-14-32-16-23(20)40-27)26-33-21-12-9-18(31)15-22(21)39-26/h9,12,15,17,19,32H,7-8,10-11,13-14,16H2,1-6H3,(H,34,36). The van der Waals surface area contributed by atoms with Gasteiger partial charge in [0.1, 0.15) is 15.6 Å². The van der Waals surface area contributed by atoms with Crippen LogP contribution >= 0.6 is 38.6 Å². The molecule has 0 saturated heterocycles. The van der Waals surface area contributed by atoms with E-state index in [4.69, 9.17) is 9.72 Å². The maximum absolute atomic E-state index is 13.6. The lowest BCUT2D eigenvalue weighted by Gasteiger charge is -2.44. The number of nitrogens with zero attached hydrogens (tertiary/aromatic N) is 2. The van der Waals surface area contributed by atoms with Crippen LogP contribution in [0.2, 0.25) is 0 Å². The van der Waals surface area contributed by atoms with Gasteiger partial charge in [-0.2, -0.15) is 0 Å². The molecule has 3 heterocycles. The molecule has 2 aliphatic rings. The molecule has 10 heteroatoms. The van der Waals surface area contributed by atoms with Gasteiger partial charge in [0.05, 0.1) is 10.2 Å². The Morgan fingerprint density at radius 3 is 2.50 bits per heavy atom. The van der Waals surface area contributed by atoms with Crippen molar-refractivity contribution in [3.05, 3.63) is 33.1 Å². The van der Waals surface area contributed by atoms with E-state index < -0.39 is 5.60 Å². The molecule has 0 radical (unpaired) electrons. The van der Waals surface area contributed by atoms with E-state index in [9.17, 15) is 9.59 Å². The van der Waals surface area contributed by atoms with Crippen molar-refractivity contribution in [3.63, 3.8) is 0 Å². The summed E-state index contributed by atoms with van der Waals surface area (Å²) in [5, 5.41) is 8.66. The summed E-state index contributed by atoms with van der Waals surface area (Å²) in [5.74, 6) is -0.0252. The molecule has 1 fully saturated rings. The molecule has 0 spiro atoms. The molecule has 1 aromatic carbocycles. The number of carbonyl (C=O) groups excluding carboxylic acids is 2. The highest BCUT2D eigenvalue weighted by Gasteiger charge is 2.39. The first-order valence-electron chi connectivity index (χ1n) is 14.0. The summed E-state index contributed by atoms with van der Waals surface area (Å²) >= 11 is 6.92. The molecule has 2 amide bonds. The van der Waals surface area contributed by atoms with Crippen LogP contribution in [0.5, 0.6) is 0 Å². The molecule has 1 aliphatic carbocycles. The van der Waals surface area contributed by atoms with Crippen LogP contribution in [0.15, 0.2) is 22.7 Å². The number of anilines is 1. The number of benzene rings is 1. The Hall–Kier alpha value is -2.01. The second-order valence-electron chi connectivity index (χ2n) is 12.8. The summed E-state index contributed by atoms with van der Waals surface area (Å²) in [5.41, 5.74) is 2.45. The topological polar surface area (TPSA) is 83.6 Å². The molecule has 3 aromatic rings. The van der Waals surface area contributed by atoms with Crippen molar-refractivity contribution in [1.82, 2.24) is 15.2 Å². The number of hydrogen-bond donors (Lipinski definition) is 2. The van der Waals surface area contributed by atoms with Crippen LogP contribution in [0.25, 0.3) is 20.8 Å². The molecule has 7 nitrogen and oxygen atoms in total. The van der Waals surface area contributed by atoms with E-state index in [1.165, 1.54) is 10.4 Å². The number of halogens is 1. The number of carbonyl (C=O) groups is 2. The summed E-state index contributed by atoms with van der Waals surface area (Å²) in [6, 6.07) is 6.21. The average Bonchev–Trinajstić information content (AvgIpc) is 3.42. The van der Waals surface area contributed by atoms with Crippen molar-refractivity contribution >= 4 is 65.8 Å². The minimum atomic E-state index is -0.551. The maximum Gasteiger partial charge on any atom is 0.410 e. The van der Waals surface area contributed by atoms with Gasteiger partial charge in [-0.05, 0) is 104 Å². The summed E-state index contributed by atoms with van der Waals surface area (Å²) in [6.07, 6.45) is 3.68. The Balaban J connectivity index is 1.33. The Bertz CT molecular complexity index is 1410. The van der Waals surface area contributed by atoms with E-state index in [1.807, 2.05) is 58.6 Å². The quantitative estimate of drug-likeness (QED) is 0.300. The zero-order valence-electron chi connectivity index (χ0n) is 24.2. The van der Waals surface area contributed by atoms with Gasteiger partial charge in [0.25, 0.3) is 0 Å². The number of nitrogens with one attached hydrogen (secondary N) is 2. The van der Waals surface area contributed by atoms with Crippen molar-refractivity contribution in [2.24, 2.45) is 5.92 Å². The highest BCUT2D eigenvalue weighted by atomic mass is 79.9. The molecule has 1 saturated carbocycles. The third kappa shape index (κ3) is 6.40. The van der Waals surface area contributed by atoms with Crippen molar-refractivity contribution < 1.29 is 14.3 Å². The van der Waals surface area contributed by atoms with Crippen molar-refractivity contribution in [2.75, 3.05) is 11.9 Å². The van der Waals surface area contributed by atoms with Gasteiger partial charge >= 0.3 is 6.09 Å². The fourth-order valence-electron chi connectivity index (χ4n) is 5.75. The first kappa shape index (κ1) is 29.5. The van der Waals surface area contributed by atoms with Gasteiger partial charge < -0.3 is 20.3 Å². The van der Waals surface area contributed by atoms with E-state index in [0.717, 1.165) is 75.5 Å². The van der Waals surface area contributed by atoms with Crippen molar-refractivity contribution in [3.8, 4) is 10.6 Å². The van der Waals surface area contributed by atoms with Crippen molar-refractivity contribution in [1.29, 1.82) is 0 Å². The molecule has 0 bridgehead atoms. The summed E-state index contributed by atoms with van der Waals surface area (Å²) in [4.78, 5) is 34.9. The third-order valence-corrected chi connectivity index (χ3v) is 10.2. The number of thiazole rings is 1. The number of thiophene rings is 1. The summed E-state index contributed by atoms with van der Waals surface area (Å²) in [7, 11) is 0. The van der Waals surface area contributed by atoms with Gasteiger partial charge in [-0.15, -0.1) is 22.7 Å². The van der Waals surface area contributed by atoms with Crippen molar-refractivity contribution in [2.45, 2.75) is 97.4 Å². The van der Waals surface area contributed by atoms with E-state index in [0.29, 0.717) is 0 Å². The molecule has 0 unspecified atom stereocenters. The molecule has 2 aromatic heterocycles. The average molecular weight is 648 g/mol.